The quantitative estimate of drug-likeness (QED) is 0.829. The molecule has 3 rings (SSSR count). The minimum Gasteiger partial charge on any atom is -0.399 e. The van der Waals surface area contributed by atoms with Gasteiger partial charge in [-0.25, -0.2) is 0 Å². The topological polar surface area (TPSA) is 51.3 Å². The number of rotatable bonds is 2. The van der Waals surface area contributed by atoms with Gasteiger partial charge in [0.15, 0.2) is 0 Å². The summed E-state index contributed by atoms with van der Waals surface area (Å²) in [6, 6.07) is 10.2. The van der Waals surface area contributed by atoms with Crippen molar-refractivity contribution in [2.24, 2.45) is 4.99 Å². The van der Waals surface area contributed by atoms with Gasteiger partial charge in [-0.3, -0.25) is 9.98 Å². The summed E-state index contributed by atoms with van der Waals surface area (Å²) in [5.74, 6) is 0.363. The fourth-order valence-corrected chi connectivity index (χ4v) is 2.32. The number of aromatic nitrogens is 1. The van der Waals surface area contributed by atoms with E-state index in [0.717, 1.165) is 23.2 Å². The van der Waals surface area contributed by atoms with Crippen molar-refractivity contribution < 1.29 is 0 Å². The molecule has 3 heteroatoms. The number of hydrogen-bond donors (Lipinski definition) is 1. The van der Waals surface area contributed by atoms with Crippen molar-refractivity contribution >= 4 is 11.9 Å². The molecule has 1 aromatic carbocycles. The number of nitrogens with two attached hydrogens (primary N) is 1. The summed E-state index contributed by atoms with van der Waals surface area (Å²) >= 11 is 0. The van der Waals surface area contributed by atoms with Gasteiger partial charge in [0.05, 0.1) is 0 Å². The highest BCUT2D eigenvalue weighted by Crippen LogP contribution is 2.29. The lowest BCUT2D eigenvalue weighted by Crippen LogP contribution is -2.01. The molecule has 3 nitrogen and oxygen atoms in total. The summed E-state index contributed by atoms with van der Waals surface area (Å²) in [5, 5.41) is 0. The summed E-state index contributed by atoms with van der Waals surface area (Å²) in [6.45, 7) is 0. The van der Waals surface area contributed by atoms with Crippen molar-refractivity contribution in [2.75, 3.05) is 5.73 Å². The molecule has 94 valence electrons. The van der Waals surface area contributed by atoms with Gasteiger partial charge in [-0.15, -0.1) is 0 Å². The first kappa shape index (κ1) is 11.7. The fraction of sp³-hybridized carbons (Fsp3) is 0.125. The molecule has 0 bridgehead atoms. The number of aliphatic imine (C=N–C) groups is 1. The summed E-state index contributed by atoms with van der Waals surface area (Å²) in [4.78, 5) is 8.16. The Morgan fingerprint density at radius 2 is 1.89 bits per heavy atom. The van der Waals surface area contributed by atoms with Crippen LogP contribution in [0.15, 0.2) is 60.0 Å². The van der Waals surface area contributed by atoms with E-state index in [1.54, 1.807) is 12.4 Å². The molecule has 1 atom stereocenters. The zero-order valence-electron chi connectivity index (χ0n) is 10.5. The van der Waals surface area contributed by atoms with Crippen molar-refractivity contribution in [1.29, 1.82) is 0 Å². The van der Waals surface area contributed by atoms with E-state index in [2.05, 4.69) is 22.1 Å². The maximum Gasteiger partial charge on any atom is 0.0323 e. The van der Waals surface area contributed by atoms with Crippen molar-refractivity contribution in [1.82, 2.24) is 4.98 Å². The molecule has 0 spiro atoms. The molecule has 1 aliphatic rings. The highest BCUT2D eigenvalue weighted by Gasteiger charge is 2.11. The monoisotopic (exact) mass is 249 g/mol. The van der Waals surface area contributed by atoms with Crippen LogP contribution in [0.1, 0.15) is 17.9 Å². The first-order valence-corrected chi connectivity index (χ1v) is 6.32. The van der Waals surface area contributed by atoms with E-state index >= 15 is 0 Å². The number of nitrogens with zero attached hydrogens (tertiary/aromatic N) is 2. The molecule has 0 saturated heterocycles. The van der Waals surface area contributed by atoms with Gasteiger partial charge >= 0.3 is 0 Å². The lowest BCUT2D eigenvalue weighted by atomic mass is 9.92. The van der Waals surface area contributed by atoms with Gasteiger partial charge in [-0.05, 0) is 47.4 Å². The standard InChI is InChI=1S/C16H15N3/c17-16-10-14(12-1-5-18-6-2-12)9-15(11-16)13-3-7-19-8-4-13/h1-3,5-11,13H,4,17H2. The Morgan fingerprint density at radius 3 is 2.63 bits per heavy atom. The average molecular weight is 249 g/mol. The van der Waals surface area contributed by atoms with Crippen LogP contribution in [0.3, 0.4) is 0 Å². The van der Waals surface area contributed by atoms with Gasteiger partial charge in [0.1, 0.15) is 0 Å². The van der Waals surface area contributed by atoms with Crippen molar-refractivity contribution in [3.63, 3.8) is 0 Å². The Kier molecular flexibility index (Phi) is 3.11. The van der Waals surface area contributed by atoms with E-state index in [0.29, 0.717) is 5.92 Å². The minimum atomic E-state index is 0.363. The van der Waals surface area contributed by atoms with Crippen molar-refractivity contribution in [2.45, 2.75) is 12.3 Å². The van der Waals surface area contributed by atoms with Crippen LogP contribution >= 0.6 is 0 Å². The van der Waals surface area contributed by atoms with E-state index in [1.807, 2.05) is 36.7 Å². The summed E-state index contributed by atoms with van der Waals surface area (Å²) < 4.78 is 0. The Labute approximate surface area is 112 Å². The van der Waals surface area contributed by atoms with Crippen molar-refractivity contribution in [3.05, 3.63) is 60.6 Å². The third kappa shape index (κ3) is 2.55. The van der Waals surface area contributed by atoms with Crippen LogP contribution in [0.2, 0.25) is 0 Å². The minimum absolute atomic E-state index is 0.363. The zero-order valence-corrected chi connectivity index (χ0v) is 10.5. The van der Waals surface area contributed by atoms with E-state index in [-0.39, 0.29) is 0 Å². The average Bonchev–Trinajstić information content (AvgIpc) is 2.48. The first-order valence-electron chi connectivity index (χ1n) is 6.32. The highest BCUT2D eigenvalue weighted by atomic mass is 14.7. The summed E-state index contributed by atoms with van der Waals surface area (Å²) in [7, 11) is 0. The predicted molar refractivity (Wildman–Crippen MR) is 79.1 cm³/mol. The number of benzene rings is 1. The number of anilines is 1. The smallest absolute Gasteiger partial charge is 0.0323 e. The molecular formula is C16H15N3. The molecule has 0 fully saturated rings. The molecule has 1 aliphatic heterocycles. The van der Waals surface area contributed by atoms with E-state index in [9.17, 15) is 0 Å². The molecule has 1 unspecified atom stereocenters. The van der Waals surface area contributed by atoms with Gasteiger partial charge in [-0.1, -0.05) is 12.1 Å². The molecule has 1 aromatic heterocycles. The molecule has 0 radical (unpaired) electrons. The van der Waals surface area contributed by atoms with Gasteiger partial charge < -0.3 is 5.73 Å². The van der Waals surface area contributed by atoms with Crippen LogP contribution < -0.4 is 5.73 Å². The van der Waals surface area contributed by atoms with Crippen LogP contribution in [-0.2, 0) is 0 Å². The Balaban J connectivity index is 2.01. The number of nitrogen functional groups attached to an aromatic ring is 1. The molecule has 19 heavy (non-hydrogen) atoms. The second kappa shape index (κ2) is 5.06. The maximum absolute atomic E-state index is 6.03. The lowest BCUT2D eigenvalue weighted by Gasteiger charge is -2.15. The van der Waals surface area contributed by atoms with E-state index in [4.69, 9.17) is 5.73 Å². The normalized spacial score (nSPS) is 17.6. The second-order valence-electron chi connectivity index (χ2n) is 4.64. The maximum atomic E-state index is 6.03. The molecule has 2 aromatic rings. The van der Waals surface area contributed by atoms with Crippen LogP contribution in [-0.4, -0.2) is 11.2 Å². The van der Waals surface area contributed by atoms with Crippen molar-refractivity contribution in [3.8, 4) is 11.1 Å². The Hall–Kier alpha value is -2.42. The molecule has 2 heterocycles. The van der Waals surface area contributed by atoms with Crippen LogP contribution in [0.4, 0.5) is 5.69 Å². The predicted octanol–water partition coefficient (Wildman–Crippen LogP) is 3.40. The van der Waals surface area contributed by atoms with Crippen LogP contribution in [0, 0.1) is 0 Å². The largest absolute Gasteiger partial charge is 0.399 e. The van der Waals surface area contributed by atoms with Gasteiger partial charge in [0, 0.05) is 36.4 Å². The molecule has 0 amide bonds. The molecule has 0 aliphatic carbocycles. The second-order valence-corrected chi connectivity index (χ2v) is 4.64. The Bertz CT molecular complexity index is 630. The number of hydrogen-bond acceptors (Lipinski definition) is 3. The lowest BCUT2D eigenvalue weighted by molar-refractivity contribution is 0.888. The van der Waals surface area contributed by atoms with Crippen LogP contribution in [0.5, 0.6) is 0 Å². The fourth-order valence-electron chi connectivity index (χ4n) is 2.32. The third-order valence-corrected chi connectivity index (χ3v) is 3.29. The molecule has 2 N–H and O–H groups in total. The molecular weight excluding hydrogens is 234 g/mol. The highest BCUT2D eigenvalue weighted by molar-refractivity contribution is 5.69. The van der Waals surface area contributed by atoms with E-state index < -0.39 is 0 Å². The number of pyridine rings is 1. The molecule has 0 saturated carbocycles. The third-order valence-electron chi connectivity index (χ3n) is 3.29. The zero-order chi connectivity index (χ0) is 13.1. The van der Waals surface area contributed by atoms with Crippen LogP contribution in [0.25, 0.3) is 11.1 Å². The number of allylic oxidation sites excluding steroid dienone is 1. The van der Waals surface area contributed by atoms with E-state index in [1.165, 1.54) is 5.56 Å². The summed E-state index contributed by atoms with van der Waals surface area (Å²) in [6.07, 6.45) is 10.4. The first-order chi connectivity index (χ1) is 9.33. The van der Waals surface area contributed by atoms with Gasteiger partial charge in [0.25, 0.3) is 0 Å². The SMILES string of the molecule is Nc1cc(-c2ccncc2)cc(C2C=CN=CC2)c1. The summed E-state index contributed by atoms with van der Waals surface area (Å²) in [5.41, 5.74) is 10.3. The van der Waals surface area contributed by atoms with Gasteiger partial charge in [0.2, 0.25) is 0 Å². The van der Waals surface area contributed by atoms with Gasteiger partial charge in [-0.2, -0.15) is 0 Å². The Morgan fingerprint density at radius 1 is 1.05 bits per heavy atom.